The molecule has 9 nitrogen and oxygen atoms in total. The highest BCUT2D eigenvalue weighted by Crippen LogP contribution is 2.35. The summed E-state index contributed by atoms with van der Waals surface area (Å²) >= 11 is 0. The summed E-state index contributed by atoms with van der Waals surface area (Å²) in [5, 5.41) is 9.35. The number of aryl methyl sites for hydroxylation is 1. The van der Waals surface area contributed by atoms with Gasteiger partial charge in [-0.25, -0.2) is 9.59 Å². The number of benzene rings is 1. The second kappa shape index (κ2) is 10.0. The number of carbonyl (C=O) groups is 1. The van der Waals surface area contributed by atoms with E-state index >= 15 is 0 Å². The van der Waals surface area contributed by atoms with Gasteiger partial charge in [0.15, 0.2) is 29.6 Å². The summed E-state index contributed by atoms with van der Waals surface area (Å²) in [7, 11) is 0. The van der Waals surface area contributed by atoms with Crippen LogP contribution in [0.1, 0.15) is 44.8 Å². The molecular formula is C20H27NO8. The fourth-order valence-electron chi connectivity index (χ4n) is 2.90. The molecule has 1 aliphatic rings. The minimum Gasteiger partial charge on any atom is -0.441 e. The van der Waals surface area contributed by atoms with Gasteiger partial charge in [0.05, 0.1) is 0 Å². The minimum atomic E-state index is -1.29. The first kappa shape index (κ1) is 22.4. The summed E-state index contributed by atoms with van der Waals surface area (Å²) in [6, 6.07) is 5.17. The fourth-order valence-corrected chi connectivity index (χ4v) is 2.90. The Morgan fingerprint density at radius 1 is 1.24 bits per heavy atom. The fraction of sp³-hybridized carbons (Fsp3) is 0.500. The zero-order valence-corrected chi connectivity index (χ0v) is 17.3. The van der Waals surface area contributed by atoms with Crippen molar-refractivity contribution < 1.29 is 32.9 Å². The lowest BCUT2D eigenvalue weighted by molar-refractivity contribution is -0.133. The molecule has 0 fully saturated rings. The van der Waals surface area contributed by atoms with Crippen LogP contribution >= 0.6 is 0 Å². The van der Waals surface area contributed by atoms with Gasteiger partial charge in [0, 0.05) is 12.6 Å². The van der Waals surface area contributed by atoms with Crippen LogP contribution in [-0.2, 0) is 17.8 Å². The third kappa shape index (κ3) is 5.54. The Balaban J connectivity index is 0.00000145. The molecule has 1 aromatic heterocycles. The number of hydrogen-bond acceptors (Lipinski definition) is 8. The molecule has 3 rings (SSSR count). The highest BCUT2D eigenvalue weighted by Gasteiger charge is 2.24. The van der Waals surface area contributed by atoms with E-state index in [-0.39, 0.29) is 24.2 Å². The van der Waals surface area contributed by atoms with Gasteiger partial charge < -0.3 is 33.1 Å². The molecule has 1 aliphatic heterocycles. The normalized spacial score (nSPS) is 15.3. The maximum Gasteiger partial charge on any atom is 0.519 e. The lowest BCUT2D eigenvalue weighted by Gasteiger charge is -2.27. The highest BCUT2D eigenvalue weighted by molar-refractivity contribution is 5.68. The van der Waals surface area contributed by atoms with Crippen molar-refractivity contribution in [3.63, 3.8) is 0 Å². The molecule has 2 heterocycles. The zero-order chi connectivity index (χ0) is 21.6. The largest absolute Gasteiger partial charge is 0.519 e. The molecule has 9 heteroatoms. The standard InChI is InChI=1S/C18H21NO8.C2H6/c1-4-19(16(20)23-9-15-11(3)24-17(21)27-15)10(2)7-12-5-6-13-14(8-12)26-18(22)25-13;1-2/h5-6,8,10,18,22H,4,7,9H2,1-3H3;1-2H3. The summed E-state index contributed by atoms with van der Waals surface area (Å²) in [5.74, 6) is 0.580. The predicted molar refractivity (Wildman–Crippen MR) is 103 cm³/mol. The number of aliphatic hydroxyl groups is 1. The molecule has 1 aromatic carbocycles. The number of nitrogens with zero attached hydrogens (tertiary/aromatic N) is 1. The van der Waals surface area contributed by atoms with Crippen LogP contribution in [0.4, 0.5) is 4.79 Å². The molecule has 1 N–H and O–H groups in total. The third-order valence-electron chi connectivity index (χ3n) is 4.26. The Bertz CT molecular complexity index is 872. The van der Waals surface area contributed by atoms with Crippen molar-refractivity contribution in [2.45, 2.75) is 60.2 Å². The quantitative estimate of drug-likeness (QED) is 0.774. The molecule has 2 atom stereocenters. The van der Waals surface area contributed by atoms with Crippen molar-refractivity contribution >= 4 is 6.09 Å². The number of hydrogen-bond donors (Lipinski definition) is 1. The Kier molecular flexibility index (Phi) is 7.72. The Morgan fingerprint density at radius 3 is 2.55 bits per heavy atom. The van der Waals surface area contributed by atoms with Crippen molar-refractivity contribution in [1.82, 2.24) is 4.90 Å². The van der Waals surface area contributed by atoms with Crippen molar-refractivity contribution in [3.8, 4) is 11.5 Å². The molecule has 2 aromatic rings. The SMILES string of the molecule is CC.CCN(C(=O)OCc1oc(=O)oc1C)C(C)Cc1ccc2c(c1)OC(O)O2. The van der Waals surface area contributed by atoms with Crippen LogP contribution in [0.5, 0.6) is 11.5 Å². The van der Waals surface area contributed by atoms with Crippen LogP contribution in [0.25, 0.3) is 0 Å². The zero-order valence-electron chi connectivity index (χ0n) is 17.3. The van der Waals surface area contributed by atoms with Crippen LogP contribution in [-0.4, -0.2) is 35.2 Å². The first-order valence-electron chi connectivity index (χ1n) is 9.54. The van der Waals surface area contributed by atoms with E-state index in [4.69, 9.17) is 23.0 Å². The number of ether oxygens (including phenoxy) is 3. The van der Waals surface area contributed by atoms with Gasteiger partial charge >= 0.3 is 18.4 Å². The second-order valence-electron chi connectivity index (χ2n) is 6.15. The third-order valence-corrected chi connectivity index (χ3v) is 4.26. The highest BCUT2D eigenvalue weighted by atomic mass is 16.8. The molecule has 160 valence electrons. The number of fused-ring (bicyclic) bond motifs is 1. The Morgan fingerprint density at radius 2 is 1.93 bits per heavy atom. The lowest BCUT2D eigenvalue weighted by atomic mass is 10.1. The van der Waals surface area contributed by atoms with Crippen LogP contribution in [0.3, 0.4) is 0 Å². The number of amides is 1. The molecule has 2 unspecified atom stereocenters. The molecule has 0 saturated heterocycles. The van der Waals surface area contributed by atoms with Gasteiger partial charge in [-0.05, 0) is 44.9 Å². The van der Waals surface area contributed by atoms with Crippen LogP contribution in [0.15, 0.2) is 31.8 Å². The van der Waals surface area contributed by atoms with E-state index in [9.17, 15) is 14.7 Å². The van der Waals surface area contributed by atoms with Crippen molar-refractivity contribution in [3.05, 3.63) is 45.9 Å². The van der Waals surface area contributed by atoms with E-state index in [0.717, 1.165) is 5.56 Å². The second-order valence-corrected chi connectivity index (χ2v) is 6.15. The van der Waals surface area contributed by atoms with Gasteiger partial charge in [-0.1, -0.05) is 19.9 Å². The number of likely N-dealkylation sites (N-methyl/N-ethyl adjacent to an activating group) is 1. The lowest BCUT2D eigenvalue weighted by Crippen LogP contribution is -2.40. The van der Waals surface area contributed by atoms with Crippen molar-refractivity contribution in [1.29, 1.82) is 0 Å². The van der Waals surface area contributed by atoms with Gasteiger partial charge in [0.1, 0.15) is 0 Å². The van der Waals surface area contributed by atoms with Crippen LogP contribution < -0.4 is 15.3 Å². The maximum absolute atomic E-state index is 12.4. The van der Waals surface area contributed by atoms with Crippen LogP contribution in [0.2, 0.25) is 0 Å². The smallest absolute Gasteiger partial charge is 0.441 e. The van der Waals surface area contributed by atoms with Crippen LogP contribution in [0, 0.1) is 6.92 Å². The molecule has 0 aliphatic carbocycles. The molecule has 0 bridgehead atoms. The monoisotopic (exact) mass is 409 g/mol. The number of rotatable bonds is 6. The molecular weight excluding hydrogens is 382 g/mol. The molecule has 0 spiro atoms. The number of carbonyl (C=O) groups excluding carboxylic acids is 1. The Labute approximate surface area is 168 Å². The van der Waals surface area contributed by atoms with E-state index in [0.29, 0.717) is 24.5 Å². The first-order valence-corrected chi connectivity index (χ1v) is 9.54. The van der Waals surface area contributed by atoms with E-state index in [1.807, 2.05) is 33.8 Å². The molecule has 29 heavy (non-hydrogen) atoms. The van der Waals surface area contributed by atoms with Gasteiger partial charge in [-0.2, -0.15) is 0 Å². The van der Waals surface area contributed by atoms with Gasteiger partial charge in [0.25, 0.3) is 0 Å². The van der Waals surface area contributed by atoms with Crippen molar-refractivity contribution in [2.75, 3.05) is 6.54 Å². The van der Waals surface area contributed by atoms with E-state index in [2.05, 4.69) is 0 Å². The molecule has 1 amide bonds. The maximum atomic E-state index is 12.4. The summed E-state index contributed by atoms with van der Waals surface area (Å²) < 4.78 is 25.0. The van der Waals surface area contributed by atoms with Gasteiger partial charge in [-0.15, -0.1) is 0 Å². The van der Waals surface area contributed by atoms with Gasteiger partial charge in [0.2, 0.25) is 0 Å². The summed E-state index contributed by atoms with van der Waals surface area (Å²) in [6.45, 7) is 8.27. The van der Waals surface area contributed by atoms with Gasteiger partial charge in [-0.3, -0.25) is 0 Å². The van der Waals surface area contributed by atoms with E-state index in [1.54, 1.807) is 24.0 Å². The molecule has 0 saturated carbocycles. The summed E-state index contributed by atoms with van der Waals surface area (Å²) in [5.41, 5.74) is 0.918. The average Bonchev–Trinajstić information content (AvgIpc) is 3.21. The molecule has 0 radical (unpaired) electrons. The van der Waals surface area contributed by atoms with E-state index in [1.165, 1.54) is 0 Å². The predicted octanol–water partition coefficient (Wildman–Crippen LogP) is 3.20. The summed E-state index contributed by atoms with van der Waals surface area (Å²) in [4.78, 5) is 25.0. The minimum absolute atomic E-state index is 0.162. The first-order chi connectivity index (χ1) is 13.9. The number of aliphatic hydroxyl groups excluding tert-OH is 1. The Hall–Kier alpha value is -2.94. The van der Waals surface area contributed by atoms with E-state index < -0.39 is 18.4 Å². The average molecular weight is 409 g/mol. The van der Waals surface area contributed by atoms with Crippen molar-refractivity contribution in [2.24, 2.45) is 0 Å². The topological polar surface area (TPSA) is 112 Å². The summed E-state index contributed by atoms with van der Waals surface area (Å²) in [6.07, 6.45) is 0.0274.